The van der Waals surface area contributed by atoms with Crippen LogP contribution < -0.4 is 4.74 Å². The quantitative estimate of drug-likeness (QED) is 0.450. The molecule has 1 aromatic carbocycles. The lowest BCUT2D eigenvalue weighted by Gasteiger charge is -2.39. The van der Waals surface area contributed by atoms with E-state index in [9.17, 15) is 15.3 Å². The van der Waals surface area contributed by atoms with Gasteiger partial charge in [0, 0.05) is 0 Å². The Bertz CT molecular complexity index is 419. The first-order valence-electron chi connectivity index (χ1n) is 6.23. The molecule has 0 radical (unpaired) electrons. The van der Waals surface area contributed by atoms with Crippen molar-refractivity contribution in [2.45, 2.75) is 37.3 Å². The minimum absolute atomic E-state index is 0.0969. The van der Waals surface area contributed by atoms with Crippen LogP contribution in [0.25, 0.3) is 0 Å². The van der Waals surface area contributed by atoms with Crippen LogP contribution in [0.1, 0.15) is 5.56 Å². The van der Waals surface area contributed by atoms with Gasteiger partial charge in [0.05, 0.1) is 13.2 Å². The standard InChI is InChI=1S/C13H18O7/c14-5-7-1-3-8(4-2-7)19-13-12(18)11(17)10(16)9(6-15)20-13/h1-4,9-18H,5-6H2/t9?,10?,11?,12-,13-/m0/s1. The summed E-state index contributed by atoms with van der Waals surface area (Å²) in [6, 6.07) is 6.43. The van der Waals surface area contributed by atoms with Crippen molar-refractivity contribution < 1.29 is 35.0 Å². The molecule has 0 bridgehead atoms. The Morgan fingerprint density at radius 1 is 0.950 bits per heavy atom. The Labute approximate surface area is 115 Å². The van der Waals surface area contributed by atoms with Crippen LogP contribution >= 0.6 is 0 Å². The molecule has 1 saturated heterocycles. The van der Waals surface area contributed by atoms with Gasteiger partial charge in [-0.15, -0.1) is 0 Å². The Kier molecular flexibility index (Phi) is 4.92. The first kappa shape index (κ1) is 15.2. The first-order valence-corrected chi connectivity index (χ1v) is 6.23. The molecule has 1 aliphatic heterocycles. The third-order valence-corrected chi connectivity index (χ3v) is 3.21. The molecular formula is C13H18O7. The molecule has 1 aromatic rings. The maximum Gasteiger partial charge on any atom is 0.229 e. The monoisotopic (exact) mass is 286 g/mol. The number of rotatable bonds is 4. The van der Waals surface area contributed by atoms with Crippen LogP contribution in [0, 0.1) is 0 Å². The predicted molar refractivity (Wildman–Crippen MR) is 66.8 cm³/mol. The van der Waals surface area contributed by atoms with E-state index in [4.69, 9.17) is 19.7 Å². The minimum Gasteiger partial charge on any atom is -0.462 e. The third-order valence-electron chi connectivity index (χ3n) is 3.21. The molecule has 0 saturated carbocycles. The van der Waals surface area contributed by atoms with Gasteiger partial charge in [-0.3, -0.25) is 0 Å². The number of hydrogen-bond donors (Lipinski definition) is 5. The smallest absolute Gasteiger partial charge is 0.229 e. The van der Waals surface area contributed by atoms with Crippen molar-refractivity contribution in [3.8, 4) is 5.75 Å². The number of benzene rings is 1. The molecule has 0 spiro atoms. The molecule has 7 heteroatoms. The van der Waals surface area contributed by atoms with E-state index >= 15 is 0 Å². The maximum absolute atomic E-state index is 9.80. The lowest BCUT2D eigenvalue weighted by molar-refractivity contribution is -0.277. The molecular weight excluding hydrogens is 268 g/mol. The van der Waals surface area contributed by atoms with Gasteiger partial charge in [0.2, 0.25) is 6.29 Å². The Balaban J connectivity index is 2.06. The second-order valence-corrected chi connectivity index (χ2v) is 4.62. The molecule has 0 aliphatic carbocycles. The molecule has 5 N–H and O–H groups in total. The fraction of sp³-hybridized carbons (Fsp3) is 0.538. The highest BCUT2D eigenvalue weighted by Gasteiger charge is 2.44. The van der Waals surface area contributed by atoms with Crippen LogP contribution in [0.2, 0.25) is 0 Å². The summed E-state index contributed by atoms with van der Waals surface area (Å²) in [6.45, 7) is -0.603. The van der Waals surface area contributed by atoms with Crippen molar-refractivity contribution in [1.29, 1.82) is 0 Å². The van der Waals surface area contributed by atoms with Gasteiger partial charge < -0.3 is 35.0 Å². The lowest BCUT2D eigenvalue weighted by atomic mass is 9.99. The normalized spacial score (nSPS) is 34.0. The molecule has 0 amide bonds. The average Bonchev–Trinajstić information content (AvgIpc) is 2.48. The molecule has 1 aliphatic rings. The molecule has 1 heterocycles. The summed E-state index contributed by atoms with van der Waals surface area (Å²) >= 11 is 0. The number of aliphatic hydroxyl groups excluding tert-OH is 5. The summed E-state index contributed by atoms with van der Waals surface area (Å²) < 4.78 is 10.6. The second kappa shape index (κ2) is 6.49. The van der Waals surface area contributed by atoms with Gasteiger partial charge in [0.1, 0.15) is 30.2 Å². The van der Waals surface area contributed by atoms with Crippen LogP contribution in [-0.4, -0.2) is 62.8 Å². The van der Waals surface area contributed by atoms with Crippen molar-refractivity contribution in [3.05, 3.63) is 29.8 Å². The van der Waals surface area contributed by atoms with Crippen molar-refractivity contribution in [3.63, 3.8) is 0 Å². The van der Waals surface area contributed by atoms with E-state index < -0.39 is 37.3 Å². The van der Waals surface area contributed by atoms with E-state index in [0.717, 1.165) is 0 Å². The number of ether oxygens (including phenoxy) is 2. The lowest BCUT2D eigenvalue weighted by Crippen LogP contribution is -2.60. The number of aliphatic hydroxyl groups is 5. The van der Waals surface area contributed by atoms with E-state index in [-0.39, 0.29) is 6.61 Å². The summed E-state index contributed by atoms with van der Waals surface area (Å²) in [5.74, 6) is 0.367. The summed E-state index contributed by atoms with van der Waals surface area (Å²) in [5, 5.41) is 47.0. The summed E-state index contributed by atoms with van der Waals surface area (Å²) in [7, 11) is 0. The SMILES string of the molecule is OCc1ccc(O[C@H]2OC(CO)C(O)C(O)[C@@H]2O)cc1. The predicted octanol–water partition coefficient (Wildman–Crippen LogP) is -1.64. The van der Waals surface area contributed by atoms with Gasteiger partial charge in [-0.05, 0) is 17.7 Å². The fourth-order valence-corrected chi connectivity index (χ4v) is 1.97. The van der Waals surface area contributed by atoms with Crippen molar-refractivity contribution in [2.24, 2.45) is 0 Å². The Morgan fingerprint density at radius 3 is 2.15 bits per heavy atom. The zero-order valence-corrected chi connectivity index (χ0v) is 10.7. The molecule has 2 rings (SSSR count). The largest absolute Gasteiger partial charge is 0.462 e. The molecule has 20 heavy (non-hydrogen) atoms. The fourth-order valence-electron chi connectivity index (χ4n) is 1.97. The summed E-state index contributed by atoms with van der Waals surface area (Å²) in [4.78, 5) is 0. The number of hydrogen-bond acceptors (Lipinski definition) is 7. The van der Waals surface area contributed by atoms with Gasteiger partial charge >= 0.3 is 0 Å². The van der Waals surface area contributed by atoms with Gasteiger partial charge in [0.25, 0.3) is 0 Å². The van der Waals surface area contributed by atoms with Crippen molar-refractivity contribution in [1.82, 2.24) is 0 Å². The highest BCUT2D eigenvalue weighted by molar-refractivity contribution is 5.27. The molecule has 112 valence electrons. The van der Waals surface area contributed by atoms with Gasteiger partial charge in [-0.25, -0.2) is 0 Å². The molecule has 0 aromatic heterocycles. The van der Waals surface area contributed by atoms with E-state index in [1.165, 1.54) is 0 Å². The molecule has 5 atom stereocenters. The summed E-state index contributed by atoms with van der Waals surface area (Å²) in [6.07, 6.45) is -6.53. The van der Waals surface area contributed by atoms with E-state index in [0.29, 0.717) is 11.3 Å². The maximum atomic E-state index is 9.80. The first-order chi connectivity index (χ1) is 9.56. The van der Waals surface area contributed by atoms with E-state index in [1.54, 1.807) is 24.3 Å². The van der Waals surface area contributed by atoms with Crippen LogP contribution in [0.15, 0.2) is 24.3 Å². The zero-order valence-electron chi connectivity index (χ0n) is 10.7. The summed E-state index contributed by atoms with van der Waals surface area (Å²) in [5.41, 5.74) is 0.700. The second-order valence-electron chi connectivity index (χ2n) is 4.62. The highest BCUT2D eigenvalue weighted by atomic mass is 16.7. The Hall–Kier alpha value is -1.22. The third kappa shape index (κ3) is 3.09. The van der Waals surface area contributed by atoms with Crippen molar-refractivity contribution in [2.75, 3.05) is 6.61 Å². The highest BCUT2D eigenvalue weighted by Crippen LogP contribution is 2.24. The Morgan fingerprint density at radius 2 is 1.60 bits per heavy atom. The molecule has 1 fully saturated rings. The average molecular weight is 286 g/mol. The van der Waals surface area contributed by atoms with Gasteiger partial charge in [-0.2, -0.15) is 0 Å². The zero-order chi connectivity index (χ0) is 14.7. The van der Waals surface area contributed by atoms with Crippen LogP contribution in [0.4, 0.5) is 0 Å². The van der Waals surface area contributed by atoms with E-state index in [1.807, 2.05) is 0 Å². The van der Waals surface area contributed by atoms with Crippen LogP contribution in [0.5, 0.6) is 5.75 Å². The van der Waals surface area contributed by atoms with Crippen LogP contribution in [-0.2, 0) is 11.3 Å². The van der Waals surface area contributed by atoms with Crippen LogP contribution in [0.3, 0.4) is 0 Å². The van der Waals surface area contributed by atoms with Crippen molar-refractivity contribution >= 4 is 0 Å². The topological polar surface area (TPSA) is 120 Å². The molecule has 3 unspecified atom stereocenters. The van der Waals surface area contributed by atoms with Gasteiger partial charge in [0.15, 0.2) is 0 Å². The minimum atomic E-state index is -1.47. The van der Waals surface area contributed by atoms with Gasteiger partial charge in [-0.1, -0.05) is 12.1 Å². The molecule has 7 nitrogen and oxygen atoms in total. The van der Waals surface area contributed by atoms with E-state index in [2.05, 4.69) is 0 Å².